The largest absolute Gasteiger partial charge is 0.481 e. The summed E-state index contributed by atoms with van der Waals surface area (Å²) in [7, 11) is 0. The summed E-state index contributed by atoms with van der Waals surface area (Å²) in [5, 5.41) is 11.4. The number of unbranched alkanes of at least 4 members (excludes halogenated alkanes) is 3. The van der Waals surface area contributed by atoms with Crippen LogP contribution in [0.25, 0.3) is 0 Å². The van der Waals surface area contributed by atoms with Crippen LogP contribution in [-0.4, -0.2) is 42.5 Å². The van der Waals surface area contributed by atoms with E-state index in [0.717, 1.165) is 44.9 Å². The lowest BCUT2D eigenvalue weighted by atomic mass is 9.75. The van der Waals surface area contributed by atoms with Gasteiger partial charge in [0.05, 0.1) is 18.8 Å². The topological polar surface area (TPSA) is 84.9 Å². The Hall–Kier alpha value is -1.56. The molecular weight excluding hydrogens is 358 g/mol. The molecule has 28 heavy (non-hydrogen) atoms. The van der Waals surface area contributed by atoms with Gasteiger partial charge in [-0.05, 0) is 69.6 Å². The third-order valence-electron chi connectivity index (χ3n) is 5.89. The smallest absolute Gasteiger partial charge is 0.407 e. The van der Waals surface area contributed by atoms with Crippen molar-refractivity contribution in [1.29, 1.82) is 0 Å². The summed E-state index contributed by atoms with van der Waals surface area (Å²) in [5.74, 6) is 0.450. The molecule has 0 aromatic carbocycles. The molecule has 2 rings (SSSR count). The number of hydrogen-bond donors (Lipinski definition) is 2. The van der Waals surface area contributed by atoms with Crippen LogP contribution >= 0.6 is 0 Å². The molecule has 4 atom stereocenters. The number of ether oxygens (including phenoxy) is 2. The van der Waals surface area contributed by atoms with Crippen LogP contribution < -0.4 is 5.32 Å². The highest BCUT2D eigenvalue weighted by Gasteiger charge is 2.47. The molecule has 0 saturated carbocycles. The summed E-state index contributed by atoms with van der Waals surface area (Å²) in [4.78, 5) is 22.1. The van der Waals surface area contributed by atoms with E-state index < -0.39 is 5.97 Å². The molecule has 6 heteroatoms. The Morgan fingerprint density at radius 1 is 1.11 bits per heavy atom. The van der Waals surface area contributed by atoms with E-state index in [-0.39, 0.29) is 12.5 Å². The zero-order chi connectivity index (χ0) is 20.2. The normalized spacial score (nSPS) is 26.0. The fourth-order valence-electron chi connectivity index (χ4n) is 4.40. The van der Waals surface area contributed by atoms with Crippen molar-refractivity contribution in [2.24, 2.45) is 11.8 Å². The lowest BCUT2D eigenvalue weighted by Gasteiger charge is -2.27. The van der Waals surface area contributed by atoms with Crippen molar-refractivity contribution in [1.82, 2.24) is 5.32 Å². The molecule has 0 aromatic heterocycles. The van der Waals surface area contributed by atoms with Crippen molar-refractivity contribution < 1.29 is 24.2 Å². The van der Waals surface area contributed by atoms with E-state index in [9.17, 15) is 9.59 Å². The maximum atomic E-state index is 11.5. The molecule has 2 fully saturated rings. The molecular formula is C22H37NO5. The second-order valence-corrected chi connectivity index (χ2v) is 8.02. The summed E-state index contributed by atoms with van der Waals surface area (Å²) in [6.45, 7) is 3.26. The molecule has 1 amide bonds. The van der Waals surface area contributed by atoms with Crippen LogP contribution in [0.3, 0.4) is 0 Å². The minimum absolute atomic E-state index is 0.239. The van der Waals surface area contributed by atoms with Crippen LogP contribution in [0.1, 0.15) is 77.6 Å². The Kier molecular flexibility index (Phi) is 10.4. The maximum Gasteiger partial charge on any atom is 0.407 e. The monoisotopic (exact) mass is 395 g/mol. The van der Waals surface area contributed by atoms with E-state index in [2.05, 4.69) is 24.4 Å². The molecule has 160 valence electrons. The quantitative estimate of drug-likeness (QED) is 0.329. The predicted molar refractivity (Wildman–Crippen MR) is 108 cm³/mol. The molecule has 0 spiro atoms. The Bertz CT molecular complexity index is 507. The first-order chi connectivity index (χ1) is 13.6. The van der Waals surface area contributed by atoms with Crippen molar-refractivity contribution in [3.63, 3.8) is 0 Å². The number of rotatable bonds is 14. The molecule has 2 aliphatic rings. The summed E-state index contributed by atoms with van der Waals surface area (Å²) in [5.41, 5.74) is 0. The highest BCUT2D eigenvalue weighted by molar-refractivity contribution is 5.67. The van der Waals surface area contributed by atoms with Gasteiger partial charge in [-0.1, -0.05) is 25.5 Å². The van der Waals surface area contributed by atoms with Gasteiger partial charge in [-0.3, -0.25) is 4.79 Å². The van der Waals surface area contributed by atoms with Crippen LogP contribution in [-0.2, 0) is 14.3 Å². The van der Waals surface area contributed by atoms with Crippen LogP contribution in [0, 0.1) is 11.8 Å². The Labute approximate surface area is 169 Å². The van der Waals surface area contributed by atoms with Crippen LogP contribution in [0.2, 0.25) is 0 Å². The third-order valence-corrected chi connectivity index (χ3v) is 5.89. The fourth-order valence-corrected chi connectivity index (χ4v) is 4.40. The number of nitrogens with one attached hydrogen (secondary N) is 1. The van der Waals surface area contributed by atoms with Gasteiger partial charge >= 0.3 is 12.1 Å². The van der Waals surface area contributed by atoms with Crippen molar-refractivity contribution in [2.75, 3.05) is 13.2 Å². The van der Waals surface area contributed by atoms with Gasteiger partial charge in [0.1, 0.15) is 0 Å². The molecule has 0 unspecified atom stereocenters. The standard InChI is InChI=1S/C22H37NO5/c1-2-3-15-23-22(26)27-16-9-8-11-18-17(19-13-14-20(18)28-19)10-6-4-5-7-12-21(24)25/h4,6,17-20H,2-3,5,7-16H2,1H3,(H,23,26)(H,24,25)/t17-,18+,19-,20+/m1/s1. The number of carbonyl (C=O) groups excluding carboxylic acids is 1. The lowest BCUT2D eigenvalue weighted by molar-refractivity contribution is -0.137. The fraction of sp³-hybridized carbons (Fsp3) is 0.818. The van der Waals surface area contributed by atoms with Gasteiger partial charge in [-0.2, -0.15) is 0 Å². The first-order valence-electron chi connectivity index (χ1n) is 11.0. The summed E-state index contributed by atoms with van der Waals surface area (Å²) < 4.78 is 11.4. The zero-order valence-corrected chi connectivity index (χ0v) is 17.2. The van der Waals surface area contributed by atoms with Gasteiger partial charge < -0.3 is 19.9 Å². The molecule has 6 nitrogen and oxygen atoms in total. The number of carboxylic acid groups (broad SMARTS) is 1. The number of carbonyl (C=O) groups is 2. The average molecular weight is 396 g/mol. The number of allylic oxidation sites excluding steroid dienone is 2. The molecule has 2 heterocycles. The van der Waals surface area contributed by atoms with Crippen LogP contribution in [0.4, 0.5) is 4.79 Å². The average Bonchev–Trinajstić information content (AvgIpc) is 3.26. The minimum atomic E-state index is -0.725. The molecule has 2 bridgehead atoms. The Morgan fingerprint density at radius 2 is 1.89 bits per heavy atom. The first-order valence-corrected chi connectivity index (χ1v) is 11.0. The van der Waals surface area contributed by atoms with Crippen molar-refractivity contribution in [3.8, 4) is 0 Å². The molecule has 0 aliphatic carbocycles. The van der Waals surface area contributed by atoms with E-state index in [0.29, 0.717) is 43.6 Å². The number of fused-ring (bicyclic) bond motifs is 2. The Balaban J connectivity index is 1.61. The van der Waals surface area contributed by atoms with Gasteiger partial charge in [0, 0.05) is 13.0 Å². The van der Waals surface area contributed by atoms with E-state index in [1.165, 1.54) is 12.8 Å². The van der Waals surface area contributed by atoms with Gasteiger partial charge in [0.15, 0.2) is 0 Å². The van der Waals surface area contributed by atoms with E-state index in [1.54, 1.807) is 0 Å². The number of carboxylic acids is 1. The number of hydrogen-bond acceptors (Lipinski definition) is 4. The summed E-state index contributed by atoms with van der Waals surface area (Å²) >= 11 is 0. The van der Waals surface area contributed by atoms with Crippen molar-refractivity contribution >= 4 is 12.1 Å². The first kappa shape index (κ1) is 22.7. The number of aliphatic carboxylic acids is 1. The molecule has 2 N–H and O–H groups in total. The second kappa shape index (κ2) is 12.8. The minimum Gasteiger partial charge on any atom is -0.481 e. The number of amides is 1. The molecule has 0 radical (unpaired) electrons. The van der Waals surface area contributed by atoms with Gasteiger partial charge in [0.25, 0.3) is 0 Å². The van der Waals surface area contributed by atoms with Gasteiger partial charge in [-0.15, -0.1) is 0 Å². The van der Waals surface area contributed by atoms with Gasteiger partial charge in [0.2, 0.25) is 0 Å². The lowest BCUT2D eigenvalue weighted by Crippen LogP contribution is -2.27. The summed E-state index contributed by atoms with van der Waals surface area (Å²) in [6.07, 6.45) is 15.1. The second-order valence-electron chi connectivity index (χ2n) is 8.02. The van der Waals surface area contributed by atoms with Crippen LogP contribution in [0.15, 0.2) is 12.2 Å². The third kappa shape index (κ3) is 7.82. The van der Waals surface area contributed by atoms with E-state index >= 15 is 0 Å². The van der Waals surface area contributed by atoms with E-state index in [4.69, 9.17) is 14.6 Å². The summed E-state index contributed by atoms with van der Waals surface area (Å²) in [6, 6.07) is 0. The maximum absolute atomic E-state index is 11.5. The predicted octanol–water partition coefficient (Wildman–Crippen LogP) is 4.68. The zero-order valence-electron chi connectivity index (χ0n) is 17.2. The van der Waals surface area contributed by atoms with Crippen molar-refractivity contribution in [3.05, 3.63) is 12.2 Å². The highest BCUT2D eigenvalue weighted by atomic mass is 16.5. The highest BCUT2D eigenvalue weighted by Crippen LogP contribution is 2.47. The van der Waals surface area contributed by atoms with Gasteiger partial charge in [-0.25, -0.2) is 4.79 Å². The van der Waals surface area contributed by atoms with Crippen LogP contribution in [0.5, 0.6) is 0 Å². The molecule has 2 aliphatic heterocycles. The van der Waals surface area contributed by atoms with E-state index in [1.807, 2.05) is 0 Å². The molecule has 2 saturated heterocycles. The Morgan fingerprint density at radius 3 is 2.64 bits per heavy atom. The SMILES string of the molecule is CCCCNC(=O)OCCCC[C@H]1[C@@H](CC=CCCCC(=O)O)[C@H]2CC[C@@H]1O2. The molecule has 0 aromatic rings. The van der Waals surface area contributed by atoms with Crippen molar-refractivity contribution in [2.45, 2.75) is 89.8 Å². The number of alkyl carbamates (subject to hydrolysis) is 1.